The lowest BCUT2D eigenvalue weighted by Crippen LogP contribution is -2.43. The minimum absolute atomic E-state index is 0.0903. The lowest BCUT2D eigenvalue weighted by Gasteiger charge is -2.32. The average molecular weight is 835 g/mol. The lowest BCUT2D eigenvalue weighted by molar-refractivity contribution is -0.668. The van der Waals surface area contributed by atoms with Crippen LogP contribution in [0.4, 0.5) is 17.1 Å². The molecule has 1 amide bonds. The summed E-state index contributed by atoms with van der Waals surface area (Å²) in [6.45, 7) is 5.76. The van der Waals surface area contributed by atoms with Crippen molar-refractivity contribution < 1.29 is 32.2 Å². The average Bonchev–Trinajstić information content (AvgIpc) is 3.71. The number of unbranched alkanes of at least 4 members (excludes halogenated alkanes) is 1. The number of rotatable bonds is 15. The normalized spacial score (nSPS) is 16.3. The molecular formula is C45H46N4O6S3. The van der Waals surface area contributed by atoms with Gasteiger partial charge in [0.25, 0.3) is 5.01 Å². The summed E-state index contributed by atoms with van der Waals surface area (Å²) in [6.07, 6.45) is 10.6. The molecule has 300 valence electrons. The summed E-state index contributed by atoms with van der Waals surface area (Å²) in [5, 5.41) is 14.8. The van der Waals surface area contributed by atoms with Gasteiger partial charge in [-0.25, -0.2) is 13.2 Å². The van der Waals surface area contributed by atoms with Crippen molar-refractivity contribution in [2.75, 3.05) is 34.0 Å². The van der Waals surface area contributed by atoms with Crippen LogP contribution in [0.5, 0.6) is 0 Å². The van der Waals surface area contributed by atoms with Crippen LogP contribution in [0.3, 0.4) is 0 Å². The van der Waals surface area contributed by atoms with E-state index < -0.39 is 27.9 Å². The zero-order valence-corrected chi connectivity index (χ0v) is 34.9. The number of aliphatic carboxylic acids is 1. The maximum atomic E-state index is 13.1. The predicted molar refractivity (Wildman–Crippen MR) is 234 cm³/mol. The van der Waals surface area contributed by atoms with Gasteiger partial charge in [0.1, 0.15) is 10.7 Å². The number of hydrogen-bond donors (Lipinski definition) is 2. The maximum Gasteiger partial charge on any atom is 0.326 e. The van der Waals surface area contributed by atoms with E-state index in [-0.39, 0.29) is 12.3 Å². The Kier molecular flexibility index (Phi) is 12.8. The summed E-state index contributed by atoms with van der Waals surface area (Å²) in [5.74, 6) is -1.39. The number of carboxylic acids is 1. The van der Waals surface area contributed by atoms with Gasteiger partial charge in [-0.15, -0.1) is 0 Å². The Balaban J connectivity index is 1.06. The summed E-state index contributed by atoms with van der Waals surface area (Å²) >= 11 is 3.35. The van der Waals surface area contributed by atoms with Crippen molar-refractivity contribution in [3.8, 4) is 11.1 Å². The number of thioether (sulfide) groups is 1. The second-order valence-corrected chi connectivity index (χ2v) is 18.3. The van der Waals surface area contributed by atoms with Crippen LogP contribution < -0.4 is 19.7 Å². The Morgan fingerprint density at radius 3 is 2.59 bits per heavy atom. The molecule has 0 saturated heterocycles. The predicted octanol–water partition coefficient (Wildman–Crippen LogP) is 8.99. The Morgan fingerprint density at radius 2 is 1.79 bits per heavy atom. The fourth-order valence-electron chi connectivity index (χ4n) is 7.36. The topological polar surface area (TPSA) is 134 Å². The highest BCUT2D eigenvalue weighted by Crippen LogP contribution is 2.47. The van der Waals surface area contributed by atoms with Gasteiger partial charge in [-0.05, 0) is 97.8 Å². The van der Waals surface area contributed by atoms with Crippen molar-refractivity contribution in [1.29, 1.82) is 0 Å². The number of anilines is 3. The third kappa shape index (κ3) is 10.1. The molecule has 3 heterocycles. The van der Waals surface area contributed by atoms with Gasteiger partial charge in [0.15, 0.2) is 6.54 Å². The Labute approximate surface area is 348 Å². The van der Waals surface area contributed by atoms with Crippen molar-refractivity contribution in [2.24, 2.45) is 0 Å². The summed E-state index contributed by atoms with van der Waals surface area (Å²) in [6, 6.07) is 29.6. The number of aromatic nitrogens is 1. The molecule has 58 heavy (non-hydrogen) atoms. The number of carbonyl (C=O) groups excluding carboxylic acids is 1. The molecular weight excluding hydrogens is 789 g/mol. The van der Waals surface area contributed by atoms with Crippen molar-refractivity contribution in [3.63, 3.8) is 0 Å². The van der Waals surface area contributed by atoms with E-state index >= 15 is 0 Å². The van der Waals surface area contributed by atoms with Gasteiger partial charge < -0.3 is 24.8 Å². The first-order chi connectivity index (χ1) is 27.9. The van der Waals surface area contributed by atoms with Crippen LogP contribution in [0, 0.1) is 6.92 Å². The third-order valence-electron chi connectivity index (χ3n) is 10.2. The van der Waals surface area contributed by atoms with E-state index in [2.05, 4.69) is 89.3 Å². The lowest BCUT2D eigenvalue weighted by atomic mass is 10.1. The van der Waals surface area contributed by atoms with Crippen LogP contribution in [0.2, 0.25) is 0 Å². The molecule has 0 spiro atoms. The molecule has 1 unspecified atom stereocenters. The second kappa shape index (κ2) is 18.2. The number of carbonyl (C=O) groups is 2. The van der Waals surface area contributed by atoms with E-state index in [9.17, 15) is 27.7 Å². The van der Waals surface area contributed by atoms with Crippen LogP contribution in [0.15, 0.2) is 125 Å². The SMILES string of the molecule is CC(=Cc1sc2ccc(-c3ccccc3)cc2[n+]1CCCS(=O)(=O)[O-])C=C1Sc2ccc(C)cc2N1CCCCC(=O)Nc1cccc(N2CC=CCC2C(=O)O)c1. The molecule has 7 rings (SSSR count). The van der Waals surface area contributed by atoms with Gasteiger partial charge in [-0.3, -0.25) is 4.79 Å². The number of hydrogen-bond acceptors (Lipinski definition) is 9. The second-order valence-electron chi connectivity index (χ2n) is 14.6. The fraction of sp³-hybridized carbons (Fsp3) is 0.267. The minimum Gasteiger partial charge on any atom is -0.748 e. The highest BCUT2D eigenvalue weighted by atomic mass is 32.2. The molecule has 2 N–H and O–H groups in total. The molecule has 2 aliphatic rings. The first kappa shape index (κ1) is 41.0. The van der Waals surface area contributed by atoms with Gasteiger partial charge in [0.05, 0.1) is 20.8 Å². The number of thiazole rings is 1. The summed E-state index contributed by atoms with van der Waals surface area (Å²) in [7, 11) is -4.34. The molecule has 0 bridgehead atoms. The van der Waals surface area contributed by atoms with Crippen molar-refractivity contribution in [1.82, 2.24) is 0 Å². The highest BCUT2D eigenvalue weighted by Gasteiger charge is 2.28. The zero-order valence-electron chi connectivity index (χ0n) is 32.5. The first-order valence-corrected chi connectivity index (χ1v) is 22.6. The molecule has 10 nitrogen and oxygen atoms in total. The largest absolute Gasteiger partial charge is 0.748 e. The van der Waals surface area contributed by atoms with E-state index in [1.165, 1.54) is 4.90 Å². The monoisotopic (exact) mass is 834 g/mol. The number of aryl methyl sites for hydroxylation is 2. The smallest absolute Gasteiger partial charge is 0.326 e. The van der Waals surface area contributed by atoms with Gasteiger partial charge in [0, 0.05) is 60.1 Å². The first-order valence-electron chi connectivity index (χ1n) is 19.4. The summed E-state index contributed by atoms with van der Waals surface area (Å²) in [5.41, 5.74) is 7.86. The number of nitrogens with one attached hydrogen (secondary N) is 1. The zero-order chi connectivity index (χ0) is 40.8. The Morgan fingerprint density at radius 1 is 0.966 bits per heavy atom. The van der Waals surface area contributed by atoms with Crippen LogP contribution >= 0.6 is 23.1 Å². The standard InChI is InChI=1S/C45H46N4O6S3/c1-31-18-20-40-38(26-31)48(23-9-7-17-42(50)46-35-14-10-15-36(30-35)47-22-8-6-16-37(47)45(51)52)43(56-40)27-32(2)28-44-49(24-11-25-58(53,54)55)39-29-34(19-21-41(39)57-44)33-12-4-3-5-13-33/h3-6,8,10,12-15,18-21,26-30,37H,7,9,11,16-17,22-25H2,1-2H3,(H2-,46,50,51,52,53,54,55). The third-order valence-corrected chi connectivity index (χ3v) is 13.2. The molecule has 13 heteroatoms. The van der Waals surface area contributed by atoms with Gasteiger partial charge >= 0.3 is 5.97 Å². The number of nitrogens with zero attached hydrogens (tertiary/aromatic N) is 3. The minimum atomic E-state index is -4.34. The van der Waals surface area contributed by atoms with E-state index in [0.29, 0.717) is 38.0 Å². The van der Waals surface area contributed by atoms with Gasteiger partial charge in [0.2, 0.25) is 11.4 Å². The summed E-state index contributed by atoms with van der Waals surface area (Å²) in [4.78, 5) is 30.2. The van der Waals surface area contributed by atoms with Crippen LogP contribution in [0.25, 0.3) is 27.4 Å². The number of amides is 1. The Hall–Kier alpha value is -5.21. The van der Waals surface area contributed by atoms with E-state index in [4.69, 9.17) is 0 Å². The maximum absolute atomic E-state index is 13.1. The molecule has 4 aromatic carbocycles. The van der Waals surface area contributed by atoms with Crippen LogP contribution in [-0.4, -0.2) is 54.8 Å². The highest BCUT2D eigenvalue weighted by molar-refractivity contribution is 8.03. The molecule has 1 aromatic heterocycles. The fourth-order valence-corrected chi connectivity index (χ4v) is 10.2. The molecule has 2 aliphatic heterocycles. The van der Waals surface area contributed by atoms with Crippen molar-refractivity contribution >= 4 is 78.4 Å². The van der Waals surface area contributed by atoms with Gasteiger partial charge in [-0.1, -0.05) is 83.8 Å². The summed E-state index contributed by atoms with van der Waals surface area (Å²) < 4.78 is 37.8. The number of carboxylic acid groups (broad SMARTS) is 1. The molecule has 5 aromatic rings. The van der Waals surface area contributed by atoms with E-state index in [1.54, 1.807) is 23.1 Å². The molecule has 0 aliphatic carbocycles. The molecule has 0 fully saturated rings. The van der Waals surface area contributed by atoms with Crippen LogP contribution in [0.1, 0.15) is 49.6 Å². The Bertz CT molecular complexity index is 2530. The van der Waals surface area contributed by atoms with E-state index in [0.717, 1.165) is 66.9 Å². The molecule has 1 atom stereocenters. The van der Waals surface area contributed by atoms with Crippen LogP contribution in [-0.2, 0) is 26.3 Å². The molecule has 0 radical (unpaired) electrons. The number of benzene rings is 4. The van der Waals surface area contributed by atoms with Crippen molar-refractivity contribution in [3.05, 3.63) is 130 Å². The number of fused-ring (bicyclic) bond motifs is 2. The van der Waals surface area contributed by atoms with Gasteiger partial charge in [-0.2, -0.15) is 4.57 Å². The van der Waals surface area contributed by atoms with Crippen molar-refractivity contribution in [2.45, 2.75) is 63.4 Å². The quantitative estimate of drug-likeness (QED) is 0.0459. The molecule has 0 saturated carbocycles. The number of allylic oxidation sites excluding steroid dienone is 2. The van der Waals surface area contributed by atoms with E-state index in [1.807, 2.05) is 59.5 Å².